The van der Waals surface area contributed by atoms with Gasteiger partial charge in [-0.25, -0.2) is 9.67 Å². The van der Waals surface area contributed by atoms with Gasteiger partial charge in [-0.3, -0.25) is 4.79 Å². The van der Waals surface area contributed by atoms with Crippen LogP contribution in [0.25, 0.3) is 0 Å². The van der Waals surface area contributed by atoms with Gasteiger partial charge >= 0.3 is 0 Å². The number of carbonyl (C=O) groups excluding carboxylic acids is 1. The van der Waals surface area contributed by atoms with Gasteiger partial charge in [0.25, 0.3) is 5.91 Å². The van der Waals surface area contributed by atoms with E-state index in [1.165, 1.54) is 6.33 Å². The van der Waals surface area contributed by atoms with Crippen LogP contribution in [0.2, 0.25) is 0 Å². The molecule has 0 saturated carbocycles. The molecule has 0 spiro atoms. The molecule has 146 valence electrons. The Hall–Kier alpha value is -3.19. The minimum absolute atomic E-state index is 0.0469. The SMILES string of the molecule is COc1cccc(C(CNC(=O)c2ccc(Cn3cncn3)cc2)N(C)C)c1. The first kappa shape index (κ1) is 19.6. The maximum Gasteiger partial charge on any atom is 0.251 e. The molecule has 2 aromatic carbocycles. The van der Waals surface area contributed by atoms with Crippen molar-refractivity contribution < 1.29 is 9.53 Å². The Bertz CT molecular complexity index is 891. The summed E-state index contributed by atoms with van der Waals surface area (Å²) in [5.74, 6) is 0.709. The van der Waals surface area contributed by atoms with E-state index in [2.05, 4.69) is 20.3 Å². The molecule has 0 bridgehead atoms. The van der Waals surface area contributed by atoms with Gasteiger partial charge in [0.1, 0.15) is 18.4 Å². The van der Waals surface area contributed by atoms with Crippen LogP contribution >= 0.6 is 0 Å². The zero-order chi connectivity index (χ0) is 19.9. The average Bonchev–Trinajstić information content (AvgIpc) is 3.21. The maximum atomic E-state index is 12.6. The summed E-state index contributed by atoms with van der Waals surface area (Å²) in [6.07, 6.45) is 3.17. The number of methoxy groups -OCH3 is 1. The molecule has 3 aromatic rings. The summed E-state index contributed by atoms with van der Waals surface area (Å²) in [4.78, 5) is 18.6. The van der Waals surface area contributed by atoms with Gasteiger partial charge in [-0.05, 0) is 49.5 Å². The Morgan fingerprint density at radius 1 is 1.21 bits per heavy atom. The molecule has 1 N–H and O–H groups in total. The molecule has 0 aliphatic carbocycles. The highest BCUT2D eigenvalue weighted by Gasteiger charge is 2.16. The average molecular weight is 379 g/mol. The van der Waals surface area contributed by atoms with Crippen molar-refractivity contribution in [2.45, 2.75) is 12.6 Å². The van der Waals surface area contributed by atoms with E-state index in [-0.39, 0.29) is 11.9 Å². The van der Waals surface area contributed by atoms with Crippen LogP contribution in [0, 0.1) is 0 Å². The van der Waals surface area contributed by atoms with Gasteiger partial charge in [-0.2, -0.15) is 5.10 Å². The fraction of sp³-hybridized carbons (Fsp3) is 0.286. The molecule has 0 aliphatic rings. The highest BCUT2D eigenvalue weighted by molar-refractivity contribution is 5.94. The van der Waals surface area contributed by atoms with E-state index in [0.29, 0.717) is 18.7 Å². The van der Waals surface area contributed by atoms with E-state index in [1.807, 2.05) is 62.6 Å². The van der Waals surface area contributed by atoms with Crippen LogP contribution < -0.4 is 10.1 Å². The largest absolute Gasteiger partial charge is 0.497 e. The first-order valence-corrected chi connectivity index (χ1v) is 9.06. The fourth-order valence-electron chi connectivity index (χ4n) is 3.00. The lowest BCUT2D eigenvalue weighted by atomic mass is 10.1. The van der Waals surface area contributed by atoms with Gasteiger partial charge in [-0.15, -0.1) is 0 Å². The molecule has 1 unspecified atom stereocenters. The lowest BCUT2D eigenvalue weighted by Gasteiger charge is -2.25. The highest BCUT2D eigenvalue weighted by Crippen LogP contribution is 2.22. The molecular formula is C21H25N5O2. The lowest BCUT2D eigenvalue weighted by molar-refractivity contribution is 0.0942. The first-order chi connectivity index (χ1) is 13.6. The predicted molar refractivity (Wildman–Crippen MR) is 107 cm³/mol. The third-order valence-electron chi connectivity index (χ3n) is 4.59. The molecule has 28 heavy (non-hydrogen) atoms. The monoisotopic (exact) mass is 379 g/mol. The molecule has 1 amide bonds. The Balaban J connectivity index is 1.62. The Kier molecular flexibility index (Phi) is 6.39. The number of carbonyl (C=O) groups is 1. The molecule has 3 rings (SSSR count). The standard InChI is InChI=1S/C21H25N5O2/c1-25(2)20(18-5-4-6-19(11-18)28-3)12-23-21(27)17-9-7-16(8-10-17)13-26-15-22-14-24-26/h4-11,14-15,20H,12-13H2,1-3H3,(H,23,27). The van der Waals surface area contributed by atoms with Crippen LogP contribution in [-0.2, 0) is 6.54 Å². The van der Waals surface area contributed by atoms with E-state index in [9.17, 15) is 4.79 Å². The summed E-state index contributed by atoms with van der Waals surface area (Å²) in [5, 5.41) is 7.12. The summed E-state index contributed by atoms with van der Waals surface area (Å²) in [6.45, 7) is 1.13. The van der Waals surface area contributed by atoms with Crippen molar-refractivity contribution in [2.75, 3.05) is 27.7 Å². The lowest BCUT2D eigenvalue weighted by Crippen LogP contribution is -2.34. The van der Waals surface area contributed by atoms with E-state index in [0.717, 1.165) is 16.9 Å². The molecule has 0 saturated heterocycles. The highest BCUT2D eigenvalue weighted by atomic mass is 16.5. The smallest absolute Gasteiger partial charge is 0.251 e. The quantitative estimate of drug-likeness (QED) is 0.651. The minimum Gasteiger partial charge on any atom is -0.497 e. The number of likely N-dealkylation sites (N-methyl/N-ethyl adjacent to an activating group) is 1. The molecule has 7 heteroatoms. The predicted octanol–water partition coefficient (Wildman–Crippen LogP) is 2.37. The van der Waals surface area contributed by atoms with Crippen molar-refractivity contribution in [3.63, 3.8) is 0 Å². The van der Waals surface area contributed by atoms with Gasteiger partial charge in [0, 0.05) is 12.1 Å². The summed E-state index contributed by atoms with van der Waals surface area (Å²) in [7, 11) is 5.64. The van der Waals surface area contributed by atoms with Gasteiger partial charge in [-0.1, -0.05) is 24.3 Å². The van der Waals surface area contributed by atoms with Gasteiger partial charge < -0.3 is 15.0 Å². The van der Waals surface area contributed by atoms with E-state index >= 15 is 0 Å². The molecule has 1 aromatic heterocycles. The summed E-state index contributed by atoms with van der Waals surface area (Å²) in [5.41, 5.74) is 2.78. The van der Waals surface area contributed by atoms with Gasteiger partial charge in [0.15, 0.2) is 0 Å². The Morgan fingerprint density at radius 3 is 2.64 bits per heavy atom. The molecule has 7 nitrogen and oxygen atoms in total. The van der Waals surface area contributed by atoms with Gasteiger partial charge in [0.05, 0.1) is 19.7 Å². The maximum absolute atomic E-state index is 12.6. The third kappa shape index (κ3) is 4.95. The van der Waals surface area contributed by atoms with Crippen molar-refractivity contribution >= 4 is 5.91 Å². The number of ether oxygens (including phenoxy) is 1. The van der Waals surface area contributed by atoms with Crippen molar-refractivity contribution in [1.82, 2.24) is 25.0 Å². The van der Waals surface area contributed by atoms with Crippen LogP contribution in [0.4, 0.5) is 0 Å². The summed E-state index contributed by atoms with van der Waals surface area (Å²) < 4.78 is 7.05. The van der Waals surface area contributed by atoms with E-state index < -0.39 is 0 Å². The molecule has 1 atom stereocenters. The topological polar surface area (TPSA) is 72.3 Å². The van der Waals surface area contributed by atoms with E-state index in [4.69, 9.17) is 4.74 Å². The van der Waals surface area contributed by atoms with Gasteiger partial charge in [0.2, 0.25) is 0 Å². The van der Waals surface area contributed by atoms with E-state index in [1.54, 1.807) is 18.1 Å². The first-order valence-electron chi connectivity index (χ1n) is 9.06. The molecular weight excluding hydrogens is 354 g/mol. The zero-order valence-corrected chi connectivity index (χ0v) is 16.4. The van der Waals surface area contributed by atoms with Crippen molar-refractivity contribution in [3.05, 3.63) is 77.9 Å². The van der Waals surface area contributed by atoms with Crippen LogP contribution in [0.3, 0.4) is 0 Å². The Labute approximate surface area is 165 Å². The number of nitrogens with one attached hydrogen (secondary N) is 1. The second-order valence-electron chi connectivity index (χ2n) is 6.76. The van der Waals surface area contributed by atoms with Crippen LogP contribution in [0.5, 0.6) is 5.75 Å². The van der Waals surface area contributed by atoms with Crippen LogP contribution in [0.1, 0.15) is 27.5 Å². The van der Waals surface area contributed by atoms with Crippen molar-refractivity contribution in [1.29, 1.82) is 0 Å². The molecule has 0 aliphatic heterocycles. The Morgan fingerprint density at radius 2 is 2.00 bits per heavy atom. The number of rotatable bonds is 8. The summed E-state index contributed by atoms with van der Waals surface area (Å²) in [6, 6.07) is 15.5. The fourth-order valence-corrected chi connectivity index (χ4v) is 3.00. The second-order valence-corrected chi connectivity index (χ2v) is 6.76. The minimum atomic E-state index is -0.0953. The van der Waals surface area contributed by atoms with Crippen molar-refractivity contribution in [3.8, 4) is 5.75 Å². The van der Waals surface area contributed by atoms with Crippen LogP contribution in [-0.4, -0.2) is 53.3 Å². The number of hydrogen-bond donors (Lipinski definition) is 1. The second kappa shape index (κ2) is 9.14. The molecule has 1 heterocycles. The zero-order valence-electron chi connectivity index (χ0n) is 16.4. The third-order valence-corrected chi connectivity index (χ3v) is 4.59. The van der Waals surface area contributed by atoms with Crippen LogP contribution in [0.15, 0.2) is 61.2 Å². The number of aromatic nitrogens is 3. The molecule has 0 fully saturated rings. The number of hydrogen-bond acceptors (Lipinski definition) is 5. The molecule has 0 radical (unpaired) electrons. The normalized spacial score (nSPS) is 12.0. The number of amides is 1. The summed E-state index contributed by atoms with van der Waals surface area (Å²) >= 11 is 0. The van der Waals surface area contributed by atoms with Crippen molar-refractivity contribution in [2.24, 2.45) is 0 Å². The number of nitrogens with zero attached hydrogens (tertiary/aromatic N) is 4. The number of benzene rings is 2.